The molecule has 74 valence electrons. The van der Waals surface area contributed by atoms with Crippen LogP contribution in [0.5, 0.6) is 0 Å². The van der Waals surface area contributed by atoms with Crippen molar-refractivity contribution < 1.29 is 0 Å². The van der Waals surface area contributed by atoms with E-state index in [9.17, 15) is 0 Å². The Bertz CT molecular complexity index is 392. The molecule has 0 aliphatic carbocycles. The van der Waals surface area contributed by atoms with Crippen LogP contribution in [0, 0.1) is 0 Å². The summed E-state index contributed by atoms with van der Waals surface area (Å²) in [4.78, 5) is 9.63. The first-order valence-electron chi connectivity index (χ1n) is 4.36. The molecule has 0 aromatic carbocycles. The van der Waals surface area contributed by atoms with Crippen LogP contribution in [0.1, 0.15) is 13.8 Å². The van der Waals surface area contributed by atoms with E-state index in [-0.39, 0.29) is 0 Å². The molecule has 2 rings (SSSR count). The third-order valence-corrected chi connectivity index (χ3v) is 3.17. The highest BCUT2D eigenvalue weighted by atomic mass is 32.1. The average molecular weight is 225 g/mol. The lowest BCUT2D eigenvalue weighted by molar-refractivity contribution is 0.897. The molecule has 0 radical (unpaired) electrons. The second-order valence-electron chi connectivity index (χ2n) is 3.20. The van der Waals surface area contributed by atoms with Crippen molar-refractivity contribution in [3.05, 3.63) is 17.1 Å². The van der Waals surface area contributed by atoms with Gasteiger partial charge in [-0.25, -0.2) is 4.98 Å². The average Bonchev–Trinajstić information content (AvgIpc) is 2.69. The molecule has 0 fully saturated rings. The minimum absolute atomic E-state index is 0.426. The van der Waals surface area contributed by atoms with Gasteiger partial charge in [-0.05, 0) is 13.8 Å². The van der Waals surface area contributed by atoms with Gasteiger partial charge in [-0.15, -0.1) is 22.7 Å². The second kappa shape index (κ2) is 4.06. The third-order valence-electron chi connectivity index (χ3n) is 1.60. The quantitative estimate of drug-likeness (QED) is 0.872. The first-order valence-corrected chi connectivity index (χ1v) is 6.12. The summed E-state index contributed by atoms with van der Waals surface area (Å²) in [6.07, 6.45) is 1.85. The van der Waals surface area contributed by atoms with Crippen LogP contribution in [0.4, 0.5) is 5.13 Å². The first kappa shape index (κ1) is 9.61. The molecule has 0 unspecified atom stereocenters. The molecule has 5 heteroatoms. The summed E-state index contributed by atoms with van der Waals surface area (Å²) in [6, 6.07) is 0.426. The van der Waals surface area contributed by atoms with Crippen LogP contribution >= 0.6 is 22.7 Å². The van der Waals surface area contributed by atoms with Crippen LogP contribution in [0.3, 0.4) is 0 Å². The van der Waals surface area contributed by atoms with Gasteiger partial charge in [0.25, 0.3) is 0 Å². The van der Waals surface area contributed by atoms with Crippen molar-refractivity contribution >= 4 is 27.8 Å². The molecule has 0 bridgehead atoms. The molecule has 2 aromatic rings. The molecule has 0 saturated carbocycles. The number of rotatable bonds is 3. The summed E-state index contributed by atoms with van der Waals surface area (Å²) in [5, 5.41) is 6.31. The molecule has 14 heavy (non-hydrogen) atoms. The van der Waals surface area contributed by atoms with Crippen molar-refractivity contribution in [3.63, 3.8) is 0 Å². The molecule has 2 heterocycles. The van der Waals surface area contributed by atoms with E-state index in [1.54, 1.807) is 22.7 Å². The molecule has 0 spiro atoms. The van der Waals surface area contributed by atoms with Crippen molar-refractivity contribution in [2.45, 2.75) is 19.9 Å². The van der Waals surface area contributed by atoms with E-state index in [0.29, 0.717) is 6.04 Å². The maximum Gasteiger partial charge on any atom is 0.183 e. The Hall–Kier alpha value is -0.940. The monoisotopic (exact) mass is 225 g/mol. The van der Waals surface area contributed by atoms with Crippen LogP contribution < -0.4 is 5.32 Å². The Labute approximate surface area is 90.9 Å². The van der Waals surface area contributed by atoms with Gasteiger partial charge in [0, 0.05) is 17.6 Å². The summed E-state index contributed by atoms with van der Waals surface area (Å²) < 4.78 is 0. The van der Waals surface area contributed by atoms with Gasteiger partial charge < -0.3 is 5.32 Å². The highest BCUT2D eigenvalue weighted by Gasteiger charge is 2.05. The van der Waals surface area contributed by atoms with Crippen molar-refractivity contribution in [2.24, 2.45) is 0 Å². The predicted molar refractivity (Wildman–Crippen MR) is 62.0 cm³/mol. The van der Waals surface area contributed by atoms with E-state index in [4.69, 9.17) is 0 Å². The molecule has 3 nitrogen and oxygen atoms in total. The zero-order chi connectivity index (χ0) is 9.97. The van der Waals surface area contributed by atoms with Crippen molar-refractivity contribution in [1.82, 2.24) is 9.97 Å². The normalized spacial score (nSPS) is 10.8. The molecule has 2 aromatic heterocycles. The van der Waals surface area contributed by atoms with Crippen LogP contribution in [0.25, 0.3) is 10.6 Å². The number of hydrogen-bond acceptors (Lipinski definition) is 5. The molecule has 0 saturated heterocycles. The first-order chi connectivity index (χ1) is 6.75. The third kappa shape index (κ3) is 2.10. The minimum Gasteiger partial charge on any atom is -0.359 e. The van der Waals surface area contributed by atoms with Crippen LogP contribution in [0.2, 0.25) is 0 Å². The zero-order valence-electron chi connectivity index (χ0n) is 8.02. The van der Waals surface area contributed by atoms with Crippen molar-refractivity contribution in [3.8, 4) is 10.6 Å². The zero-order valence-corrected chi connectivity index (χ0v) is 9.65. The fourth-order valence-corrected chi connectivity index (χ4v) is 2.56. The van der Waals surface area contributed by atoms with Crippen molar-refractivity contribution in [2.75, 3.05) is 5.32 Å². The van der Waals surface area contributed by atoms with E-state index in [1.807, 2.05) is 11.7 Å². The van der Waals surface area contributed by atoms with Gasteiger partial charge in [-0.3, -0.25) is 4.98 Å². The predicted octanol–water partition coefficient (Wildman–Crippen LogP) is 3.09. The summed E-state index contributed by atoms with van der Waals surface area (Å²) in [6.45, 7) is 4.21. The number of aromatic nitrogens is 2. The smallest absolute Gasteiger partial charge is 0.183 e. The maximum atomic E-state index is 4.47. The van der Waals surface area contributed by atoms with E-state index in [0.717, 1.165) is 15.7 Å². The Morgan fingerprint density at radius 3 is 2.86 bits per heavy atom. The van der Waals surface area contributed by atoms with Gasteiger partial charge in [0.1, 0.15) is 0 Å². The molecule has 0 aliphatic heterocycles. The fourth-order valence-electron chi connectivity index (χ4n) is 1.04. The maximum absolute atomic E-state index is 4.47. The minimum atomic E-state index is 0.426. The standard InChI is InChI=1S/C9H11N3S2/c1-6(2)11-9-12-7(4-13-9)8-3-10-5-14-8/h3-6H,1-2H3,(H,11,12). The van der Waals surface area contributed by atoms with Gasteiger partial charge in [0.15, 0.2) is 5.13 Å². The second-order valence-corrected chi connectivity index (χ2v) is 4.95. The lowest BCUT2D eigenvalue weighted by atomic mass is 10.4. The van der Waals surface area contributed by atoms with E-state index in [1.165, 1.54) is 0 Å². The summed E-state index contributed by atoms with van der Waals surface area (Å²) in [7, 11) is 0. The topological polar surface area (TPSA) is 37.8 Å². The Balaban J connectivity index is 2.18. The molecular weight excluding hydrogens is 214 g/mol. The lowest BCUT2D eigenvalue weighted by Gasteiger charge is -2.03. The van der Waals surface area contributed by atoms with Crippen LogP contribution in [-0.4, -0.2) is 16.0 Å². The fraction of sp³-hybridized carbons (Fsp3) is 0.333. The Kier molecular flexibility index (Phi) is 2.79. The Morgan fingerprint density at radius 1 is 1.36 bits per heavy atom. The van der Waals surface area contributed by atoms with Crippen LogP contribution in [0.15, 0.2) is 17.1 Å². The number of anilines is 1. The van der Waals surface area contributed by atoms with Gasteiger partial charge in [-0.1, -0.05) is 0 Å². The summed E-state index contributed by atoms with van der Waals surface area (Å²) in [5.41, 5.74) is 2.84. The summed E-state index contributed by atoms with van der Waals surface area (Å²) in [5.74, 6) is 0. The molecule has 0 atom stereocenters. The largest absolute Gasteiger partial charge is 0.359 e. The molecular formula is C9H11N3S2. The highest BCUT2D eigenvalue weighted by molar-refractivity contribution is 7.15. The van der Waals surface area contributed by atoms with Gasteiger partial charge in [0.05, 0.1) is 16.1 Å². The van der Waals surface area contributed by atoms with E-state index >= 15 is 0 Å². The molecule has 0 aliphatic rings. The lowest BCUT2D eigenvalue weighted by Crippen LogP contribution is -2.08. The number of nitrogens with zero attached hydrogens (tertiary/aromatic N) is 2. The van der Waals surface area contributed by atoms with E-state index < -0.39 is 0 Å². The molecule has 1 N–H and O–H groups in total. The number of hydrogen-bond donors (Lipinski definition) is 1. The molecule has 0 amide bonds. The van der Waals surface area contributed by atoms with Gasteiger partial charge >= 0.3 is 0 Å². The summed E-state index contributed by atoms with van der Waals surface area (Å²) >= 11 is 3.25. The SMILES string of the molecule is CC(C)Nc1nc(-c2cncs2)cs1. The van der Waals surface area contributed by atoms with Crippen molar-refractivity contribution in [1.29, 1.82) is 0 Å². The number of nitrogens with one attached hydrogen (secondary N) is 1. The van der Waals surface area contributed by atoms with Crippen LogP contribution in [-0.2, 0) is 0 Å². The highest BCUT2D eigenvalue weighted by Crippen LogP contribution is 2.27. The number of thiazole rings is 2. The van der Waals surface area contributed by atoms with E-state index in [2.05, 4.69) is 34.5 Å². The van der Waals surface area contributed by atoms with Gasteiger partial charge in [0.2, 0.25) is 0 Å². The Morgan fingerprint density at radius 2 is 2.21 bits per heavy atom. The van der Waals surface area contributed by atoms with Gasteiger partial charge in [-0.2, -0.15) is 0 Å².